The number of likely N-dealkylation sites (tertiary alicyclic amines) is 1. The Bertz CT molecular complexity index is 937. The van der Waals surface area contributed by atoms with Crippen LogP contribution >= 0.6 is 0 Å². The first-order valence-electron chi connectivity index (χ1n) is 13.1. The molecule has 1 aromatic carbocycles. The number of sulfonamides is 1. The van der Waals surface area contributed by atoms with Crippen LogP contribution in [0.5, 0.6) is 0 Å². The van der Waals surface area contributed by atoms with Gasteiger partial charge in [-0.1, -0.05) is 58.9 Å². The second-order valence-electron chi connectivity index (χ2n) is 10.5. The van der Waals surface area contributed by atoms with Crippen molar-refractivity contribution in [3.8, 4) is 0 Å². The SMILES string of the molecule is CCCS(=O)(=O)N(CCC(C)C)CC(=O)N(Cc1ccccc1C)C1CCN(C(=O)C(C)C)CC1. The molecule has 0 aliphatic carbocycles. The lowest BCUT2D eigenvalue weighted by Gasteiger charge is -2.40. The maximum Gasteiger partial charge on any atom is 0.238 e. The minimum atomic E-state index is -3.51. The number of piperidine rings is 1. The molecule has 1 saturated heterocycles. The Kier molecular flexibility index (Phi) is 11.2. The summed E-state index contributed by atoms with van der Waals surface area (Å²) in [4.78, 5) is 29.9. The molecule has 1 fully saturated rings. The van der Waals surface area contributed by atoms with Gasteiger partial charge in [0.05, 0.1) is 12.3 Å². The van der Waals surface area contributed by atoms with Crippen molar-refractivity contribution in [3.05, 3.63) is 35.4 Å². The van der Waals surface area contributed by atoms with E-state index in [4.69, 9.17) is 0 Å². The average Bonchev–Trinajstić information content (AvgIpc) is 2.80. The molecule has 1 aliphatic rings. The molecule has 198 valence electrons. The van der Waals surface area contributed by atoms with Crippen LogP contribution in [0.25, 0.3) is 0 Å². The van der Waals surface area contributed by atoms with Gasteiger partial charge in [-0.3, -0.25) is 9.59 Å². The Balaban J connectivity index is 2.26. The largest absolute Gasteiger partial charge is 0.342 e. The van der Waals surface area contributed by atoms with Gasteiger partial charge in [-0.25, -0.2) is 8.42 Å². The molecule has 35 heavy (non-hydrogen) atoms. The summed E-state index contributed by atoms with van der Waals surface area (Å²) < 4.78 is 27.4. The number of hydrogen-bond acceptors (Lipinski definition) is 4. The highest BCUT2D eigenvalue weighted by atomic mass is 32.2. The predicted molar refractivity (Wildman–Crippen MR) is 141 cm³/mol. The van der Waals surface area contributed by atoms with E-state index in [1.807, 2.05) is 61.8 Å². The van der Waals surface area contributed by atoms with Crippen LogP contribution in [0.2, 0.25) is 0 Å². The monoisotopic (exact) mass is 507 g/mol. The van der Waals surface area contributed by atoms with Gasteiger partial charge in [0, 0.05) is 38.1 Å². The molecule has 7 nitrogen and oxygen atoms in total. The summed E-state index contributed by atoms with van der Waals surface area (Å²) >= 11 is 0. The van der Waals surface area contributed by atoms with E-state index in [0.717, 1.165) is 11.1 Å². The second-order valence-corrected chi connectivity index (χ2v) is 12.6. The van der Waals surface area contributed by atoms with E-state index in [1.54, 1.807) is 0 Å². The maximum atomic E-state index is 13.7. The van der Waals surface area contributed by atoms with Crippen molar-refractivity contribution in [2.45, 2.75) is 79.8 Å². The van der Waals surface area contributed by atoms with Crippen LogP contribution in [0.3, 0.4) is 0 Å². The highest BCUT2D eigenvalue weighted by Gasteiger charge is 2.33. The van der Waals surface area contributed by atoms with Gasteiger partial charge >= 0.3 is 0 Å². The van der Waals surface area contributed by atoms with Crippen LogP contribution in [-0.4, -0.2) is 72.3 Å². The summed E-state index contributed by atoms with van der Waals surface area (Å²) in [5.41, 5.74) is 2.17. The Labute approximate surface area is 212 Å². The van der Waals surface area contributed by atoms with Gasteiger partial charge in [0.1, 0.15) is 0 Å². The molecule has 0 bridgehead atoms. The smallest absolute Gasteiger partial charge is 0.238 e. The molecule has 0 radical (unpaired) electrons. The van der Waals surface area contributed by atoms with Crippen molar-refractivity contribution < 1.29 is 18.0 Å². The highest BCUT2D eigenvalue weighted by Crippen LogP contribution is 2.23. The van der Waals surface area contributed by atoms with Gasteiger partial charge in [0.15, 0.2) is 0 Å². The molecule has 1 aliphatic heterocycles. The van der Waals surface area contributed by atoms with E-state index < -0.39 is 10.0 Å². The zero-order chi connectivity index (χ0) is 26.2. The van der Waals surface area contributed by atoms with E-state index in [-0.39, 0.29) is 36.1 Å². The van der Waals surface area contributed by atoms with Crippen LogP contribution in [0, 0.1) is 18.8 Å². The normalized spacial score (nSPS) is 15.3. The number of nitrogens with zero attached hydrogens (tertiary/aromatic N) is 3. The van der Waals surface area contributed by atoms with Crippen LogP contribution in [-0.2, 0) is 26.2 Å². The zero-order valence-electron chi connectivity index (χ0n) is 22.5. The zero-order valence-corrected chi connectivity index (χ0v) is 23.3. The lowest BCUT2D eigenvalue weighted by atomic mass is 9.99. The van der Waals surface area contributed by atoms with Gasteiger partial charge < -0.3 is 9.80 Å². The molecule has 2 rings (SSSR count). The third kappa shape index (κ3) is 8.60. The van der Waals surface area contributed by atoms with Crippen LogP contribution in [0.1, 0.15) is 71.4 Å². The van der Waals surface area contributed by atoms with E-state index in [2.05, 4.69) is 13.8 Å². The number of hydrogen-bond donors (Lipinski definition) is 0. The summed E-state index contributed by atoms with van der Waals surface area (Å²) in [6, 6.07) is 7.97. The van der Waals surface area contributed by atoms with E-state index >= 15 is 0 Å². The number of carbonyl (C=O) groups excluding carboxylic acids is 2. The fourth-order valence-corrected chi connectivity index (χ4v) is 5.97. The number of carbonyl (C=O) groups is 2. The van der Waals surface area contributed by atoms with Crippen molar-refractivity contribution >= 4 is 21.8 Å². The van der Waals surface area contributed by atoms with Crippen LogP contribution in [0.4, 0.5) is 0 Å². The predicted octanol–water partition coefficient (Wildman–Crippen LogP) is 4.06. The number of aryl methyl sites for hydroxylation is 1. The summed E-state index contributed by atoms with van der Waals surface area (Å²) in [6.07, 6.45) is 2.63. The summed E-state index contributed by atoms with van der Waals surface area (Å²) in [5.74, 6) is 0.326. The molecule has 0 spiro atoms. The van der Waals surface area contributed by atoms with Crippen molar-refractivity contribution in [1.29, 1.82) is 0 Å². The molecule has 1 aromatic rings. The van der Waals surface area contributed by atoms with E-state index in [1.165, 1.54) is 4.31 Å². The molecular formula is C27H45N3O4S. The summed E-state index contributed by atoms with van der Waals surface area (Å²) in [6.45, 7) is 13.7. The quantitative estimate of drug-likeness (QED) is 0.427. The lowest BCUT2D eigenvalue weighted by Crippen LogP contribution is -2.52. The molecular weight excluding hydrogens is 462 g/mol. The number of amides is 2. The lowest BCUT2D eigenvalue weighted by molar-refractivity contribution is -0.139. The van der Waals surface area contributed by atoms with Gasteiger partial charge in [-0.15, -0.1) is 0 Å². The number of benzene rings is 1. The van der Waals surface area contributed by atoms with Gasteiger partial charge in [-0.05, 0) is 49.7 Å². The molecule has 0 aromatic heterocycles. The first-order valence-corrected chi connectivity index (χ1v) is 14.7. The van der Waals surface area contributed by atoms with Gasteiger partial charge in [0.25, 0.3) is 0 Å². The van der Waals surface area contributed by atoms with Gasteiger partial charge in [-0.2, -0.15) is 4.31 Å². The van der Waals surface area contributed by atoms with Crippen molar-refractivity contribution in [2.24, 2.45) is 11.8 Å². The van der Waals surface area contributed by atoms with E-state index in [9.17, 15) is 18.0 Å². The van der Waals surface area contributed by atoms with Gasteiger partial charge in [0.2, 0.25) is 21.8 Å². The molecule has 0 saturated carbocycles. The maximum absolute atomic E-state index is 13.7. The minimum Gasteiger partial charge on any atom is -0.342 e. The minimum absolute atomic E-state index is 0.0286. The summed E-state index contributed by atoms with van der Waals surface area (Å²) in [5, 5.41) is 0. The molecule has 8 heteroatoms. The molecule has 0 atom stereocenters. The summed E-state index contributed by atoms with van der Waals surface area (Å²) in [7, 11) is -3.51. The standard InChI is InChI=1S/C27H45N3O4S/c1-7-18-35(33,34)29(17-12-21(2)3)20-26(31)30(19-24-11-9-8-10-23(24)6)25-13-15-28(16-14-25)27(32)22(4)5/h8-11,21-22,25H,7,12-20H2,1-6H3. The molecule has 2 amide bonds. The molecule has 1 heterocycles. The van der Waals surface area contributed by atoms with E-state index in [0.29, 0.717) is 57.8 Å². The fourth-order valence-electron chi connectivity index (χ4n) is 4.50. The Morgan fingerprint density at radius 3 is 2.26 bits per heavy atom. The van der Waals surface area contributed by atoms with Crippen molar-refractivity contribution in [3.63, 3.8) is 0 Å². The molecule has 0 unspecified atom stereocenters. The third-order valence-electron chi connectivity index (χ3n) is 6.76. The third-order valence-corrected chi connectivity index (χ3v) is 8.78. The molecule has 0 N–H and O–H groups in total. The topological polar surface area (TPSA) is 78.0 Å². The van der Waals surface area contributed by atoms with Crippen molar-refractivity contribution in [1.82, 2.24) is 14.1 Å². The Morgan fingerprint density at radius 1 is 1.09 bits per heavy atom. The fraction of sp³-hybridized carbons (Fsp3) is 0.704. The Hall–Kier alpha value is -1.93. The first-order chi connectivity index (χ1) is 16.5. The first kappa shape index (κ1) is 29.3. The second kappa shape index (κ2) is 13.4. The van der Waals surface area contributed by atoms with Crippen molar-refractivity contribution in [2.75, 3.05) is 31.9 Å². The average molecular weight is 508 g/mol. The van der Waals surface area contributed by atoms with Crippen LogP contribution < -0.4 is 0 Å². The Morgan fingerprint density at radius 2 is 1.71 bits per heavy atom. The highest BCUT2D eigenvalue weighted by molar-refractivity contribution is 7.89. The number of rotatable bonds is 12. The van der Waals surface area contributed by atoms with Crippen LogP contribution in [0.15, 0.2) is 24.3 Å².